The Morgan fingerprint density at radius 3 is 2.38 bits per heavy atom. The van der Waals surface area contributed by atoms with Crippen molar-refractivity contribution in [2.75, 3.05) is 0 Å². The fourth-order valence-electron chi connectivity index (χ4n) is 0.732. The summed E-state index contributed by atoms with van der Waals surface area (Å²) in [6.07, 6.45) is -4.55. The van der Waals surface area contributed by atoms with E-state index in [9.17, 15) is 21.6 Å². The number of benzene rings is 1. The molecule has 1 rings (SSSR count). The van der Waals surface area contributed by atoms with Crippen LogP contribution in [-0.2, 0) is 16.9 Å². The highest BCUT2D eigenvalue weighted by molar-refractivity contribution is 7.72. The van der Waals surface area contributed by atoms with Crippen molar-refractivity contribution >= 4 is 10.7 Å². The van der Waals surface area contributed by atoms with Crippen LogP contribution in [0.25, 0.3) is 0 Å². The number of rotatable bonds is 1. The highest BCUT2D eigenvalue weighted by atomic mass is 32.2. The molecule has 0 aliphatic carbocycles. The van der Waals surface area contributed by atoms with E-state index < -0.39 is 22.4 Å². The van der Waals surface area contributed by atoms with E-state index in [0.29, 0.717) is 6.07 Å². The molecule has 1 aromatic carbocycles. The highest BCUT2D eigenvalue weighted by Crippen LogP contribution is 2.29. The third-order valence-corrected chi connectivity index (χ3v) is 2.00. The zero-order chi connectivity index (χ0) is 10.1. The summed E-state index contributed by atoms with van der Waals surface area (Å²) in [4.78, 5) is -0.360. The van der Waals surface area contributed by atoms with E-state index in [1.54, 1.807) is 0 Å². The van der Waals surface area contributed by atoms with Crippen LogP contribution in [0, 0.1) is 6.07 Å². The summed E-state index contributed by atoms with van der Waals surface area (Å²) in [6.45, 7) is 0. The molecule has 1 aromatic rings. The van der Waals surface area contributed by atoms with Crippen molar-refractivity contribution in [2.24, 2.45) is 0 Å². The van der Waals surface area contributed by atoms with Crippen LogP contribution in [0.3, 0.4) is 0 Å². The van der Waals surface area contributed by atoms with Crippen molar-refractivity contribution in [3.05, 3.63) is 29.8 Å². The molecule has 0 aliphatic heterocycles. The van der Waals surface area contributed by atoms with Gasteiger partial charge in [-0.05, 0) is 18.2 Å². The molecule has 1 radical (unpaired) electrons. The standard InChI is InChI=1S/C7H4F3O2S/c8-7(9,10)5-2-1-3-6(4-5)13(11)12/h1,3-4,13H. The topological polar surface area (TPSA) is 34.1 Å². The molecule has 0 unspecified atom stereocenters. The molecule has 0 aromatic heterocycles. The van der Waals surface area contributed by atoms with Gasteiger partial charge in [-0.3, -0.25) is 0 Å². The Morgan fingerprint density at radius 1 is 1.31 bits per heavy atom. The molecule has 0 aliphatic rings. The predicted octanol–water partition coefficient (Wildman–Crippen LogP) is 1.48. The van der Waals surface area contributed by atoms with E-state index >= 15 is 0 Å². The molecule has 6 heteroatoms. The maximum atomic E-state index is 12.0. The summed E-state index contributed by atoms with van der Waals surface area (Å²) >= 11 is 0. The second-order valence-electron chi connectivity index (χ2n) is 2.22. The maximum absolute atomic E-state index is 12.0. The Bertz CT molecular complexity index is 374. The minimum atomic E-state index is -4.55. The summed E-state index contributed by atoms with van der Waals surface area (Å²) in [5.74, 6) is 0. The van der Waals surface area contributed by atoms with Gasteiger partial charge in [0.05, 0.1) is 10.5 Å². The van der Waals surface area contributed by atoms with E-state index in [-0.39, 0.29) is 4.90 Å². The lowest BCUT2D eigenvalue weighted by molar-refractivity contribution is -0.137. The van der Waals surface area contributed by atoms with Gasteiger partial charge < -0.3 is 0 Å². The fourth-order valence-corrected chi connectivity index (χ4v) is 1.16. The van der Waals surface area contributed by atoms with Crippen LogP contribution >= 0.6 is 0 Å². The van der Waals surface area contributed by atoms with Crippen LogP contribution < -0.4 is 0 Å². The van der Waals surface area contributed by atoms with Crippen molar-refractivity contribution in [3.63, 3.8) is 0 Å². The molecule has 71 valence electrons. The number of alkyl halides is 3. The second-order valence-corrected chi connectivity index (χ2v) is 3.25. The summed E-state index contributed by atoms with van der Waals surface area (Å²) in [7, 11) is -2.98. The lowest BCUT2D eigenvalue weighted by atomic mass is 10.2. The summed E-state index contributed by atoms with van der Waals surface area (Å²) in [5.41, 5.74) is -1.08. The van der Waals surface area contributed by atoms with Gasteiger partial charge in [-0.15, -0.1) is 0 Å². The van der Waals surface area contributed by atoms with Crippen molar-refractivity contribution < 1.29 is 21.6 Å². The van der Waals surface area contributed by atoms with Crippen molar-refractivity contribution in [1.29, 1.82) is 0 Å². The van der Waals surface area contributed by atoms with E-state index in [4.69, 9.17) is 0 Å². The predicted molar refractivity (Wildman–Crippen MR) is 38.9 cm³/mol. The molecule has 0 atom stereocenters. The number of halogens is 3. The SMILES string of the molecule is O=[SH](=O)c1cc[c]c(C(F)(F)F)c1. The third kappa shape index (κ3) is 2.45. The second kappa shape index (κ2) is 3.37. The average Bonchev–Trinajstić information content (AvgIpc) is 2.03. The van der Waals surface area contributed by atoms with Gasteiger partial charge in [-0.1, -0.05) is 6.07 Å². The lowest BCUT2D eigenvalue weighted by Crippen LogP contribution is -2.05. The van der Waals surface area contributed by atoms with Gasteiger partial charge in [-0.2, -0.15) is 13.2 Å². The number of hydrogen-bond donors (Lipinski definition) is 1. The first kappa shape index (κ1) is 10.0. The molecular weight excluding hydrogens is 205 g/mol. The van der Waals surface area contributed by atoms with Crippen molar-refractivity contribution in [3.8, 4) is 0 Å². The van der Waals surface area contributed by atoms with Gasteiger partial charge in [0, 0.05) is 0 Å². The molecular formula is C7H4F3O2S. The van der Waals surface area contributed by atoms with Crippen LogP contribution in [0.5, 0.6) is 0 Å². The Labute approximate surface area is 74.0 Å². The van der Waals surface area contributed by atoms with Crippen LogP contribution in [-0.4, -0.2) is 8.42 Å². The third-order valence-electron chi connectivity index (χ3n) is 1.30. The Kier molecular flexibility index (Phi) is 2.60. The van der Waals surface area contributed by atoms with Gasteiger partial charge >= 0.3 is 6.18 Å². The fraction of sp³-hybridized carbons (Fsp3) is 0.143. The zero-order valence-corrected chi connectivity index (χ0v) is 7.02. The van der Waals surface area contributed by atoms with E-state index in [1.165, 1.54) is 0 Å². The molecule has 0 saturated carbocycles. The molecule has 0 N–H and O–H groups in total. The van der Waals surface area contributed by atoms with E-state index in [2.05, 4.69) is 0 Å². The van der Waals surface area contributed by atoms with E-state index in [0.717, 1.165) is 12.1 Å². The summed E-state index contributed by atoms with van der Waals surface area (Å²) in [5, 5.41) is 0. The van der Waals surface area contributed by atoms with Crippen molar-refractivity contribution in [1.82, 2.24) is 0 Å². The molecule has 0 saturated heterocycles. The first-order valence-corrected chi connectivity index (χ1v) is 4.32. The number of thiol groups is 1. The smallest absolute Gasteiger partial charge is 0.227 e. The zero-order valence-electron chi connectivity index (χ0n) is 6.13. The molecule has 0 spiro atoms. The van der Waals surface area contributed by atoms with Gasteiger partial charge in [-0.25, -0.2) is 8.42 Å². The first-order chi connectivity index (χ1) is 5.91. The van der Waals surface area contributed by atoms with Gasteiger partial charge in [0.2, 0.25) is 0 Å². The van der Waals surface area contributed by atoms with Crippen LogP contribution in [0.2, 0.25) is 0 Å². The minimum absolute atomic E-state index is 0.360. The minimum Gasteiger partial charge on any atom is -0.227 e. The molecule has 2 nitrogen and oxygen atoms in total. The van der Waals surface area contributed by atoms with Crippen LogP contribution in [0.15, 0.2) is 23.1 Å². The van der Waals surface area contributed by atoms with Gasteiger partial charge in [0.25, 0.3) is 0 Å². The van der Waals surface area contributed by atoms with Gasteiger partial charge in [0.15, 0.2) is 10.7 Å². The van der Waals surface area contributed by atoms with Gasteiger partial charge in [0.1, 0.15) is 0 Å². The maximum Gasteiger partial charge on any atom is 0.417 e. The number of hydrogen-bond acceptors (Lipinski definition) is 2. The van der Waals surface area contributed by atoms with Crippen molar-refractivity contribution in [2.45, 2.75) is 11.1 Å². The summed E-state index contributed by atoms with van der Waals surface area (Å²) in [6, 6.07) is 4.45. The molecule has 0 amide bonds. The van der Waals surface area contributed by atoms with Crippen LogP contribution in [0.1, 0.15) is 5.56 Å². The van der Waals surface area contributed by atoms with E-state index in [1.807, 2.05) is 6.07 Å². The molecule has 13 heavy (non-hydrogen) atoms. The largest absolute Gasteiger partial charge is 0.417 e. The normalized spacial score (nSPS) is 12.0. The Morgan fingerprint density at radius 2 is 1.92 bits per heavy atom. The summed E-state index contributed by atoms with van der Waals surface area (Å²) < 4.78 is 56.7. The Balaban J connectivity index is 3.21. The molecule has 0 fully saturated rings. The molecule has 0 bridgehead atoms. The highest BCUT2D eigenvalue weighted by Gasteiger charge is 2.30. The molecule has 0 heterocycles. The first-order valence-electron chi connectivity index (χ1n) is 3.14. The monoisotopic (exact) mass is 209 g/mol. The quantitative estimate of drug-likeness (QED) is 0.711. The average molecular weight is 209 g/mol. The lowest BCUT2D eigenvalue weighted by Gasteiger charge is -2.05. The Hall–Kier alpha value is -1.04. The van der Waals surface area contributed by atoms with Crippen LogP contribution in [0.4, 0.5) is 13.2 Å².